The quantitative estimate of drug-likeness (QED) is 0.360. The molecule has 2 unspecified atom stereocenters. The lowest BCUT2D eigenvalue weighted by Crippen LogP contribution is -2.59. The Balaban J connectivity index is 0.000000533. The molecule has 0 bridgehead atoms. The summed E-state index contributed by atoms with van der Waals surface area (Å²) in [5.41, 5.74) is 0.169. The number of carboxylic acid groups (broad SMARTS) is 4. The molecule has 1 aliphatic heterocycles. The molecule has 0 aromatic rings. The number of carbonyl (C=O) groups is 4. The minimum absolute atomic E-state index is 0.0845. The molecular weight excluding hydrogens is 362 g/mol. The topological polar surface area (TPSA) is 181 Å². The third-order valence-electron chi connectivity index (χ3n) is 4.08. The fourth-order valence-electron chi connectivity index (χ4n) is 3.45. The van der Waals surface area contributed by atoms with E-state index in [1.807, 2.05) is 0 Å². The van der Waals surface area contributed by atoms with Crippen LogP contribution in [0.25, 0.3) is 0 Å². The summed E-state index contributed by atoms with van der Waals surface area (Å²) in [5, 5.41) is 47.1. The van der Waals surface area contributed by atoms with Crippen LogP contribution >= 0.6 is 0 Å². The van der Waals surface area contributed by atoms with Crippen LogP contribution in [0.15, 0.2) is 0 Å². The molecule has 0 radical (unpaired) electrons. The van der Waals surface area contributed by atoms with Crippen LogP contribution in [0.2, 0.25) is 0 Å². The van der Waals surface area contributed by atoms with Gasteiger partial charge >= 0.3 is 23.9 Å². The molecule has 10 nitrogen and oxygen atoms in total. The van der Waals surface area contributed by atoms with Crippen LogP contribution in [0.4, 0.5) is 0 Å². The number of carboxylic acids is 4. The normalized spacial score (nSPS) is 20.5. The molecule has 6 N–H and O–H groups in total. The van der Waals surface area contributed by atoms with Gasteiger partial charge in [-0.05, 0) is 40.5 Å². The highest BCUT2D eigenvalue weighted by Gasteiger charge is 2.37. The standard InChI is InChI=1S/C9H19NO.C8H10O8/c1-8(2)5-7(11)6-9(3,4)10-8;9-5(10)1-3(7(13)14)4(8(15)16)2-6(11)12/h7,10-11H,5-6H2,1-4H3;3-4H,1-2H2,(H,9,10)(H,11,12)(H,13,14)(H,15,16). The van der Waals surface area contributed by atoms with E-state index in [2.05, 4.69) is 33.0 Å². The van der Waals surface area contributed by atoms with Crippen molar-refractivity contribution in [1.82, 2.24) is 5.32 Å². The first kappa shape index (κ1) is 24.8. The Morgan fingerprint density at radius 1 is 0.815 bits per heavy atom. The maximum atomic E-state index is 10.6. The summed E-state index contributed by atoms with van der Waals surface area (Å²) >= 11 is 0. The van der Waals surface area contributed by atoms with Crippen molar-refractivity contribution in [2.24, 2.45) is 11.8 Å². The number of aliphatic carboxylic acids is 4. The molecule has 27 heavy (non-hydrogen) atoms. The maximum absolute atomic E-state index is 10.6. The predicted molar refractivity (Wildman–Crippen MR) is 93.3 cm³/mol. The third kappa shape index (κ3) is 9.90. The highest BCUT2D eigenvalue weighted by atomic mass is 16.4. The van der Waals surface area contributed by atoms with Gasteiger partial charge in [0, 0.05) is 11.1 Å². The molecule has 10 heteroatoms. The molecule has 1 rings (SSSR count). The molecule has 0 spiro atoms. The Hall–Kier alpha value is -2.20. The van der Waals surface area contributed by atoms with Crippen LogP contribution in [0.5, 0.6) is 0 Å². The lowest BCUT2D eigenvalue weighted by molar-refractivity contribution is -0.160. The van der Waals surface area contributed by atoms with Gasteiger partial charge in [0.2, 0.25) is 0 Å². The van der Waals surface area contributed by atoms with E-state index in [0.717, 1.165) is 12.8 Å². The highest BCUT2D eigenvalue weighted by Crippen LogP contribution is 2.28. The van der Waals surface area contributed by atoms with E-state index in [-0.39, 0.29) is 17.2 Å². The van der Waals surface area contributed by atoms with E-state index in [1.165, 1.54) is 0 Å². The lowest BCUT2D eigenvalue weighted by atomic mass is 9.81. The van der Waals surface area contributed by atoms with Gasteiger partial charge in [-0.2, -0.15) is 0 Å². The zero-order valence-corrected chi connectivity index (χ0v) is 15.9. The molecule has 1 saturated heterocycles. The maximum Gasteiger partial charge on any atom is 0.307 e. The van der Waals surface area contributed by atoms with Gasteiger partial charge in [-0.3, -0.25) is 19.2 Å². The van der Waals surface area contributed by atoms with E-state index in [4.69, 9.17) is 20.4 Å². The summed E-state index contributed by atoms with van der Waals surface area (Å²) in [6.07, 6.45) is -0.285. The molecule has 2 atom stereocenters. The van der Waals surface area contributed by atoms with E-state index < -0.39 is 48.6 Å². The number of piperidine rings is 1. The fourth-order valence-corrected chi connectivity index (χ4v) is 3.45. The molecule has 1 fully saturated rings. The summed E-state index contributed by atoms with van der Waals surface area (Å²) < 4.78 is 0. The Morgan fingerprint density at radius 2 is 1.11 bits per heavy atom. The van der Waals surface area contributed by atoms with Crippen LogP contribution in [0, 0.1) is 11.8 Å². The van der Waals surface area contributed by atoms with E-state index in [1.54, 1.807) is 0 Å². The zero-order chi connectivity index (χ0) is 21.6. The molecule has 156 valence electrons. The monoisotopic (exact) mass is 391 g/mol. The van der Waals surface area contributed by atoms with Crippen molar-refractivity contribution in [2.75, 3.05) is 0 Å². The molecule has 1 aliphatic rings. The van der Waals surface area contributed by atoms with Crippen molar-refractivity contribution in [3.8, 4) is 0 Å². The van der Waals surface area contributed by atoms with Gasteiger partial charge in [0.05, 0.1) is 30.8 Å². The van der Waals surface area contributed by atoms with Crippen molar-refractivity contribution in [3.63, 3.8) is 0 Å². The van der Waals surface area contributed by atoms with Crippen molar-refractivity contribution in [3.05, 3.63) is 0 Å². The molecular formula is C17H29NO9. The highest BCUT2D eigenvalue weighted by molar-refractivity contribution is 5.86. The van der Waals surface area contributed by atoms with Gasteiger partial charge in [-0.1, -0.05) is 0 Å². The second-order valence-electron chi connectivity index (χ2n) is 8.04. The number of nitrogens with one attached hydrogen (secondary N) is 1. The van der Waals surface area contributed by atoms with Gasteiger partial charge in [-0.25, -0.2) is 0 Å². The number of hydrogen-bond acceptors (Lipinski definition) is 6. The first-order chi connectivity index (χ1) is 12.1. The van der Waals surface area contributed by atoms with E-state index in [9.17, 15) is 24.3 Å². The van der Waals surface area contributed by atoms with Gasteiger partial charge in [-0.15, -0.1) is 0 Å². The zero-order valence-electron chi connectivity index (χ0n) is 15.9. The largest absolute Gasteiger partial charge is 0.481 e. The summed E-state index contributed by atoms with van der Waals surface area (Å²) in [6.45, 7) is 8.54. The Kier molecular flexibility index (Phi) is 8.87. The number of rotatable bonds is 7. The van der Waals surface area contributed by atoms with Crippen LogP contribution in [0.3, 0.4) is 0 Å². The number of hydrogen-bond donors (Lipinski definition) is 6. The van der Waals surface area contributed by atoms with E-state index in [0.29, 0.717) is 0 Å². The molecule has 0 saturated carbocycles. The third-order valence-corrected chi connectivity index (χ3v) is 4.08. The second kappa shape index (κ2) is 9.65. The second-order valence-corrected chi connectivity index (χ2v) is 8.04. The Morgan fingerprint density at radius 3 is 1.30 bits per heavy atom. The van der Waals surface area contributed by atoms with Crippen LogP contribution < -0.4 is 5.32 Å². The Labute approximate surface area is 157 Å². The average Bonchev–Trinajstić information content (AvgIpc) is 2.38. The molecule has 1 heterocycles. The minimum atomic E-state index is -1.76. The van der Waals surface area contributed by atoms with E-state index >= 15 is 0 Å². The van der Waals surface area contributed by atoms with Crippen molar-refractivity contribution >= 4 is 23.9 Å². The molecule has 0 aromatic heterocycles. The summed E-state index contributed by atoms with van der Waals surface area (Å²) in [4.78, 5) is 41.9. The van der Waals surface area contributed by atoms with Gasteiger partial charge in [0.25, 0.3) is 0 Å². The van der Waals surface area contributed by atoms with Gasteiger partial charge in [0.15, 0.2) is 0 Å². The van der Waals surface area contributed by atoms with Crippen LogP contribution in [-0.2, 0) is 19.2 Å². The van der Waals surface area contributed by atoms with Crippen molar-refractivity contribution in [1.29, 1.82) is 0 Å². The van der Waals surface area contributed by atoms with Crippen LogP contribution in [-0.4, -0.2) is 66.6 Å². The number of aliphatic hydroxyl groups is 1. The summed E-state index contributed by atoms with van der Waals surface area (Å²) in [6, 6.07) is 0. The Bertz CT molecular complexity index is 523. The van der Waals surface area contributed by atoms with Gasteiger partial charge < -0.3 is 30.8 Å². The number of aliphatic hydroxyl groups excluding tert-OH is 1. The minimum Gasteiger partial charge on any atom is -0.481 e. The van der Waals surface area contributed by atoms with Crippen molar-refractivity contribution < 1.29 is 44.7 Å². The smallest absolute Gasteiger partial charge is 0.307 e. The average molecular weight is 391 g/mol. The molecule has 0 aliphatic carbocycles. The molecule has 0 amide bonds. The predicted octanol–water partition coefficient (Wildman–Crippen LogP) is 0.625. The summed E-state index contributed by atoms with van der Waals surface area (Å²) in [5.74, 6) is -9.79. The summed E-state index contributed by atoms with van der Waals surface area (Å²) in [7, 11) is 0. The van der Waals surface area contributed by atoms with Gasteiger partial charge in [0.1, 0.15) is 0 Å². The van der Waals surface area contributed by atoms with Crippen molar-refractivity contribution in [2.45, 2.75) is 70.6 Å². The SMILES string of the molecule is CC1(C)CC(O)CC(C)(C)N1.O=C(O)CC(C(=O)O)C(CC(=O)O)C(=O)O. The fraction of sp³-hybridized carbons (Fsp3) is 0.765. The first-order valence-corrected chi connectivity index (χ1v) is 8.43. The van der Waals surface area contributed by atoms with Crippen LogP contribution in [0.1, 0.15) is 53.4 Å². The first-order valence-electron chi connectivity index (χ1n) is 8.43. The lowest BCUT2D eigenvalue weighted by Gasteiger charge is -2.44. The molecule has 0 aromatic carbocycles.